The Morgan fingerprint density at radius 2 is 1.43 bits per heavy atom. The number of aliphatic hydroxyl groups excluding tert-OH is 4. The van der Waals surface area contributed by atoms with Gasteiger partial charge in [-0.25, -0.2) is 0 Å². The monoisotopic (exact) mass is 496 g/mol. The van der Waals surface area contributed by atoms with Gasteiger partial charge in [0.2, 0.25) is 0 Å². The van der Waals surface area contributed by atoms with Gasteiger partial charge in [-0.05, 0) is 52.6 Å². The van der Waals surface area contributed by atoms with Gasteiger partial charge in [-0.3, -0.25) is 0 Å². The van der Waals surface area contributed by atoms with Crippen molar-refractivity contribution >= 4 is 23.0 Å². The first kappa shape index (κ1) is 25.5. The minimum Gasteiger partial charge on any atom is -0.395 e. The average Bonchev–Trinajstić information content (AvgIpc) is 2.86. The third-order valence-electron chi connectivity index (χ3n) is 6.57. The van der Waals surface area contributed by atoms with Crippen LogP contribution in [0.5, 0.6) is 0 Å². The number of halogens is 1. The van der Waals surface area contributed by atoms with E-state index in [-0.39, 0.29) is 25.7 Å². The Morgan fingerprint density at radius 3 is 2.03 bits per heavy atom. The lowest BCUT2D eigenvalue weighted by Gasteiger charge is -2.34. The summed E-state index contributed by atoms with van der Waals surface area (Å²) in [4.78, 5) is 3.99. The van der Waals surface area contributed by atoms with Gasteiger partial charge >= 0.3 is 0 Å². The van der Waals surface area contributed by atoms with Gasteiger partial charge in [0, 0.05) is 54.9 Å². The molecule has 0 saturated carbocycles. The molecule has 1 aliphatic heterocycles. The van der Waals surface area contributed by atoms with Crippen LogP contribution in [0.2, 0.25) is 5.02 Å². The van der Waals surface area contributed by atoms with Crippen LogP contribution in [0, 0.1) is 0 Å². The van der Waals surface area contributed by atoms with Gasteiger partial charge < -0.3 is 30.2 Å². The number of benzene rings is 3. The zero-order valence-electron chi connectivity index (χ0n) is 19.7. The van der Waals surface area contributed by atoms with Crippen molar-refractivity contribution in [1.82, 2.24) is 0 Å². The maximum Gasteiger partial charge on any atom is 0.0756 e. The van der Waals surface area contributed by atoms with Crippen molar-refractivity contribution in [3.8, 4) is 0 Å². The first-order chi connectivity index (χ1) is 17.0. The van der Waals surface area contributed by atoms with E-state index in [1.54, 1.807) is 0 Å². The molecule has 1 aliphatic rings. The van der Waals surface area contributed by atoms with Crippen molar-refractivity contribution in [3.05, 3.63) is 94.0 Å². The van der Waals surface area contributed by atoms with Crippen LogP contribution in [0.25, 0.3) is 0 Å². The number of nitrogens with zero attached hydrogens (tertiary/aromatic N) is 2. The van der Waals surface area contributed by atoms with Crippen LogP contribution in [0.4, 0.5) is 11.4 Å². The molecule has 2 atom stereocenters. The fraction of sp³-hybridized carbons (Fsp3) is 0.357. The van der Waals surface area contributed by atoms with Crippen molar-refractivity contribution in [2.45, 2.75) is 18.4 Å². The van der Waals surface area contributed by atoms with E-state index < -0.39 is 6.10 Å². The maximum absolute atomic E-state index is 10.4. The summed E-state index contributed by atoms with van der Waals surface area (Å²) in [5.41, 5.74) is 6.39. The number of hydrogen-bond acceptors (Lipinski definition) is 6. The Morgan fingerprint density at radius 1 is 0.829 bits per heavy atom. The van der Waals surface area contributed by atoms with E-state index in [4.69, 9.17) is 11.6 Å². The third-order valence-corrected chi connectivity index (χ3v) is 6.82. The van der Waals surface area contributed by atoms with Crippen molar-refractivity contribution in [3.63, 3.8) is 0 Å². The molecule has 0 saturated heterocycles. The summed E-state index contributed by atoms with van der Waals surface area (Å²) in [6, 6.07) is 22.5. The summed E-state index contributed by atoms with van der Waals surface area (Å²) in [6.45, 7) is 2.00. The van der Waals surface area contributed by atoms with Gasteiger partial charge in [-0.1, -0.05) is 48.0 Å². The smallest absolute Gasteiger partial charge is 0.0756 e. The molecule has 0 aromatic heterocycles. The molecule has 35 heavy (non-hydrogen) atoms. The standard InChI is InChI=1S/C28H33ClN2O4/c29-24-6-1-20(2-7-24)28(21-3-8-25(9-4-21)30(11-14-32)12-15-33)22-5-10-27-23(17-22)18-26(35)19-31(27)13-16-34/h1-10,17,26,28,32-35H,11-16,18-19H2. The molecule has 6 nitrogen and oxygen atoms in total. The molecule has 1 heterocycles. The third kappa shape index (κ3) is 5.97. The molecule has 0 fully saturated rings. The molecule has 0 spiro atoms. The van der Waals surface area contributed by atoms with Crippen LogP contribution in [-0.4, -0.2) is 72.5 Å². The average molecular weight is 497 g/mol. The van der Waals surface area contributed by atoms with Crippen LogP contribution < -0.4 is 9.80 Å². The maximum atomic E-state index is 10.4. The molecule has 4 N–H and O–H groups in total. The highest BCUT2D eigenvalue weighted by atomic mass is 35.5. The first-order valence-electron chi connectivity index (χ1n) is 12.0. The molecule has 186 valence electrons. The number of hydrogen-bond donors (Lipinski definition) is 4. The highest BCUT2D eigenvalue weighted by molar-refractivity contribution is 6.30. The van der Waals surface area contributed by atoms with Gasteiger partial charge in [0.15, 0.2) is 0 Å². The second kappa shape index (κ2) is 11.9. The van der Waals surface area contributed by atoms with E-state index >= 15 is 0 Å². The van der Waals surface area contributed by atoms with Crippen LogP contribution in [0.1, 0.15) is 28.2 Å². The SMILES string of the molecule is OCCN(CCO)c1ccc(C(c2ccc(Cl)cc2)c2ccc3c(c2)CC(O)CN3CCO)cc1. The number of anilines is 2. The summed E-state index contributed by atoms with van der Waals surface area (Å²) in [5.74, 6) is -0.0406. The Kier molecular flexibility index (Phi) is 8.65. The van der Waals surface area contributed by atoms with Crippen molar-refractivity contribution < 1.29 is 20.4 Å². The second-order valence-corrected chi connectivity index (χ2v) is 9.36. The number of aliphatic hydroxyl groups is 4. The Labute approximate surface area is 211 Å². The van der Waals surface area contributed by atoms with Gasteiger partial charge in [-0.2, -0.15) is 0 Å². The Balaban J connectivity index is 1.73. The van der Waals surface area contributed by atoms with Gasteiger partial charge in [0.25, 0.3) is 0 Å². The molecule has 0 aliphatic carbocycles. The minimum absolute atomic E-state index is 0.0173. The van der Waals surface area contributed by atoms with E-state index in [1.807, 2.05) is 46.2 Å². The van der Waals surface area contributed by atoms with E-state index in [1.165, 1.54) is 0 Å². The number of fused-ring (bicyclic) bond motifs is 1. The lowest BCUT2D eigenvalue weighted by atomic mass is 9.83. The van der Waals surface area contributed by atoms with E-state index in [2.05, 4.69) is 30.3 Å². The normalized spacial score (nSPS) is 16.1. The zero-order chi connectivity index (χ0) is 24.8. The van der Waals surface area contributed by atoms with E-state index in [9.17, 15) is 20.4 Å². The highest BCUT2D eigenvalue weighted by Crippen LogP contribution is 2.37. The highest BCUT2D eigenvalue weighted by Gasteiger charge is 2.25. The van der Waals surface area contributed by atoms with Crippen LogP contribution in [0.3, 0.4) is 0 Å². The summed E-state index contributed by atoms with van der Waals surface area (Å²) >= 11 is 6.18. The molecule has 0 bridgehead atoms. The molecule has 3 aromatic carbocycles. The van der Waals surface area contributed by atoms with Crippen LogP contribution in [0.15, 0.2) is 66.7 Å². The van der Waals surface area contributed by atoms with Gasteiger partial charge in [-0.15, -0.1) is 0 Å². The predicted molar refractivity (Wildman–Crippen MR) is 141 cm³/mol. The second-order valence-electron chi connectivity index (χ2n) is 8.93. The van der Waals surface area contributed by atoms with E-state index in [0.717, 1.165) is 33.6 Å². The largest absolute Gasteiger partial charge is 0.395 e. The molecular formula is C28H33ClN2O4. The lowest BCUT2D eigenvalue weighted by Crippen LogP contribution is -2.40. The fourth-order valence-electron chi connectivity index (χ4n) is 4.98. The molecule has 7 heteroatoms. The van der Waals surface area contributed by atoms with Crippen molar-refractivity contribution in [2.75, 3.05) is 55.8 Å². The lowest BCUT2D eigenvalue weighted by molar-refractivity contribution is 0.172. The summed E-state index contributed by atoms with van der Waals surface area (Å²) in [5, 5.41) is 39.3. The topological polar surface area (TPSA) is 87.4 Å². The molecular weight excluding hydrogens is 464 g/mol. The summed E-state index contributed by atoms with van der Waals surface area (Å²) < 4.78 is 0. The van der Waals surface area contributed by atoms with Crippen molar-refractivity contribution in [2.24, 2.45) is 0 Å². The number of rotatable bonds is 10. The Bertz CT molecular complexity index is 1090. The van der Waals surface area contributed by atoms with Crippen LogP contribution in [-0.2, 0) is 6.42 Å². The van der Waals surface area contributed by atoms with Gasteiger partial charge in [0.1, 0.15) is 0 Å². The van der Waals surface area contributed by atoms with Crippen LogP contribution >= 0.6 is 11.6 Å². The van der Waals surface area contributed by atoms with E-state index in [0.29, 0.717) is 37.6 Å². The zero-order valence-corrected chi connectivity index (χ0v) is 20.5. The molecule has 2 unspecified atom stereocenters. The molecule has 4 rings (SSSR count). The summed E-state index contributed by atoms with van der Waals surface area (Å²) in [7, 11) is 0. The first-order valence-corrected chi connectivity index (χ1v) is 12.4. The summed E-state index contributed by atoms with van der Waals surface area (Å²) in [6.07, 6.45) is 0.107. The fourth-order valence-corrected chi connectivity index (χ4v) is 5.11. The minimum atomic E-state index is -0.471. The van der Waals surface area contributed by atoms with Gasteiger partial charge in [0.05, 0.1) is 25.9 Å². The van der Waals surface area contributed by atoms with Crippen molar-refractivity contribution in [1.29, 1.82) is 0 Å². The molecule has 0 amide bonds. The molecule has 3 aromatic rings. The number of β-amino-alcohol motifs (C(OH)–C–C–N with tert-alkyl or cyclic N) is 2. The quantitative estimate of drug-likeness (QED) is 0.323. The predicted octanol–water partition coefficient (Wildman–Crippen LogP) is 3.03. The molecule has 0 radical (unpaired) electrons. The Hall–Kier alpha value is -2.61.